The molecule has 4 rings (SSSR count). The zero-order valence-corrected chi connectivity index (χ0v) is 50.1. The Balaban J connectivity index is 1.64. The van der Waals surface area contributed by atoms with Crippen molar-refractivity contribution < 1.29 is 67.0 Å². The molecule has 2 saturated heterocycles. The number of esters is 1. The summed E-state index contributed by atoms with van der Waals surface area (Å²) >= 11 is 0. The number of ketones is 3. The molecule has 1 saturated carbocycles. The van der Waals surface area contributed by atoms with E-state index in [-0.39, 0.29) is 66.0 Å². The lowest BCUT2D eigenvalue weighted by atomic mass is 9.78. The van der Waals surface area contributed by atoms with Crippen molar-refractivity contribution in [1.82, 2.24) is 4.90 Å². The normalized spacial score (nSPS) is 35.7. The molecule has 0 unspecified atom stereocenters. The number of aliphatic hydroxyl groups is 2. The van der Waals surface area contributed by atoms with Crippen molar-refractivity contribution >= 4 is 37.5 Å². The van der Waals surface area contributed by atoms with Crippen LogP contribution < -0.4 is 0 Å². The Labute approximate surface area is 457 Å². The quantitative estimate of drug-likeness (QED) is 0.0617. The van der Waals surface area contributed by atoms with Gasteiger partial charge in [0.15, 0.2) is 14.1 Å². The van der Waals surface area contributed by atoms with E-state index in [2.05, 4.69) is 33.9 Å². The number of nitrogens with zero attached hydrogens (tertiary/aromatic N) is 1. The summed E-state index contributed by atoms with van der Waals surface area (Å²) in [4.78, 5) is 72.8. The van der Waals surface area contributed by atoms with Gasteiger partial charge in [-0.05, 0) is 132 Å². The number of hydrogen-bond donors (Lipinski definition) is 2. The molecule has 3 fully saturated rings. The van der Waals surface area contributed by atoms with Crippen LogP contribution in [-0.2, 0) is 56.8 Å². The average Bonchev–Trinajstić information content (AvgIpc) is 3.37. The third-order valence-corrected chi connectivity index (χ3v) is 21.9. The van der Waals surface area contributed by atoms with Crippen molar-refractivity contribution in [2.45, 2.75) is 225 Å². The highest BCUT2D eigenvalue weighted by Crippen LogP contribution is 2.39. The molecule has 15 atom stereocenters. The minimum atomic E-state index is -2.43. The predicted molar refractivity (Wildman–Crippen MR) is 297 cm³/mol. The molecular formula is C60H99NO14Si. The maximum atomic E-state index is 14.6. The number of carbonyl (C=O) groups excluding carboxylic acids is 5. The standard InChI is InChI=1S/C60H99NO14Si/c1-38-22-17-16-18-23-39(2)50(69-11)36-46-27-25-44(7)60(68,75-46)56(65)57(66)61-29-20-19-24-47(61)58(67)74-51(37-48(62)40(3)33-43(6)54(64)55(71-13)53(63)42(5)32-38)41(4)34-45-26-28-49(52(35-45)70-12)72-30-21-31-73-76(14,15)59(8,9)10/h16-18,22-23,33,38,40-42,44-47,49-52,54-55,64,68H,19-21,24-32,34-37H2,1-15H3/b18-16?,22-17+,39-23?,43-33+/t38-,40-,41-,42-,44-,45+,46+,47+,49-,50+,51+,52-,54-,55+,60-/m1/s1. The second-order valence-corrected chi connectivity index (χ2v) is 29.2. The van der Waals surface area contributed by atoms with Gasteiger partial charge in [-0.25, -0.2) is 4.79 Å². The molecule has 1 amide bonds. The number of methoxy groups -OCH3 is 3. The van der Waals surface area contributed by atoms with Gasteiger partial charge < -0.3 is 48.0 Å². The van der Waals surface area contributed by atoms with E-state index in [1.54, 1.807) is 41.1 Å². The number of aliphatic hydroxyl groups excluding tert-OH is 1. The van der Waals surface area contributed by atoms with E-state index in [1.807, 2.05) is 58.1 Å². The molecule has 76 heavy (non-hydrogen) atoms. The molecular weight excluding hydrogens is 987 g/mol. The molecule has 16 heteroatoms. The minimum Gasteiger partial charge on any atom is -0.460 e. The lowest BCUT2D eigenvalue weighted by Gasteiger charge is -2.42. The van der Waals surface area contributed by atoms with Crippen molar-refractivity contribution in [3.63, 3.8) is 0 Å². The summed E-state index contributed by atoms with van der Waals surface area (Å²) in [6.07, 6.45) is 13.3. The van der Waals surface area contributed by atoms with E-state index in [9.17, 15) is 34.2 Å². The second kappa shape index (κ2) is 29.9. The van der Waals surface area contributed by atoms with Gasteiger partial charge in [0.25, 0.3) is 11.7 Å². The van der Waals surface area contributed by atoms with E-state index in [4.69, 9.17) is 32.8 Å². The molecule has 2 bridgehead atoms. The van der Waals surface area contributed by atoms with Crippen LogP contribution in [0.3, 0.4) is 0 Å². The predicted octanol–water partition coefficient (Wildman–Crippen LogP) is 9.62. The molecule has 0 aromatic heterocycles. The van der Waals surface area contributed by atoms with Crippen LogP contribution in [0.1, 0.15) is 153 Å². The van der Waals surface area contributed by atoms with E-state index >= 15 is 0 Å². The summed E-state index contributed by atoms with van der Waals surface area (Å²) in [6.45, 7) is 25.3. The largest absolute Gasteiger partial charge is 0.460 e. The topological polar surface area (TPSA) is 194 Å². The zero-order valence-electron chi connectivity index (χ0n) is 49.1. The highest BCUT2D eigenvalue weighted by atomic mass is 28.4. The van der Waals surface area contributed by atoms with Gasteiger partial charge in [-0.15, -0.1) is 0 Å². The van der Waals surface area contributed by atoms with Gasteiger partial charge >= 0.3 is 5.97 Å². The molecule has 432 valence electrons. The number of rotatable bonds is 12. The number of Topliss-reactive ketones (excluding diaryl/α,β-unsaturated/α-hetero) is 3. The first-order valence-corrected chi connectivity index (χ1v) is 31.3. The summed E-state index contributed by atoms with van der Waals surface area (Å²) in [5.41, 5.74) is 1.28. The van der Waals surface area contributed by atoms with Gasteiger partial charge in [-0.2, -0.15) is 0 Å². The fraction of sp³-hybridized carbons (Fsp3) is 0.783. The Kier molecular flexibility index (Phi) is 25.7. The first-order chi connectivity index (χ1) is 35.7. The van der Waals surface area contributed by atoms with Crippen LogP contribution >= 0.6 is 0 Å². The first kappa shape index (κ1) is 65.3. The van der Waals surface area contributed by atoms with Gasteiger partial charge in [0.2, 0.25) is 5.79 Å². The maximum absolute atomic E-state index is 14.6. The SMILES string of the molecule is CO[C@H]1C[C@@H]2CC[C@@H](C)[C@@](O)(O2)C(=O)C(=O)N2CCCC[C@H]2C(=O)O[C@H]([C@H](C)C[C@@H]2CC[C@@H](OCCCO[Si](C)(C)C(C)(C)C)[C@H](OC)C2)CC(=O)[C@H](C)/C=C(\C)[C@@H](O)[C@@H](OC)C(=O)[C@H](C)C[C@H](C)/C=C/C=CC=C1C. The monoisotopic (exact) mass is 1090 g/mol. The molecule has 0 aromatic rings. The van der Waals surface area contributed by atoms with Crippen LogP contribution in [0.2, 0.25) is 18.1 Å². The van der Waals surface area contributed by atoms with Crippen LogP contribution in [0.25, 0.3) is 0 Å². The van der Waals surface area contributed by atoms with Crippen molar-refractivity contribution in [2.75, 3.05) is 41.1 Å². The molecule has 15 nitrogen and oxygen atoms in total. The number of fused-ring (bicyclic) bond motifs is 3. The van der Waals surface area contributed by atoms with Crippen LogP contribution in [-0.4, -0.2) is 148 Å². The van der Waals surface area contributed by atoms with Gasteiger partial charge in [0.05, 0.1) is 24.4 Å². The fourth-order valence-electron chi connectivity index (χ4n) is 11.1. The van der Waals surface area contributed by atoms with E-state index < -0.39 is 86.1 Å². The Morgan fingerprint density at radius 2 is 1.55 bits per heavy atom. The van der Waals surface area contributed by atoms with Crippen LogP contribution in [0.5, 0.6) is 0 Å². The maximum Gasteiger partial charge on any atom is 0.329 e. The van der Waals surface area contributed by atoms with Crippen LogP contribution in [0.4, 0.5) is 0 Å². The zero-order chi connectivity index (χ0) is 56.7. The Hall–Kier alpha value is -3.19. The Bertz CT molecular complexity index is 2040. The molecule has 0 spiro atoms. The molecule has 3 heterocycles. The van der Waals surface area contributed by atoms with Crippen molar-refractivity contribution in [3.8, 4) is 0 Å². The van der Waals surface area contributed by atoms with Crippen molar-refractivity contribution in [1.29, 1.82) is 0 Å². The molecule has 1 aliphatic carbocycles. The lowest BCUT2D eigenvalue weighted by molar-refractivity contribution is -0.265. The summed E-state index contributed by atoms with van der Waals surface area (Å²) in [7, 11) is 2.81. The van der Waals surface area contributed by atoms with E-state index in [0.717, 1.165) is 24.8 Å². The number of allylic oxidation sites excluding steroid dienone is 6. The molecule has 4 aliphatic rings. The number of hydrogen-bond acceptors (Lipinski definition) is 14. The molecule has 0 radical (unpaired) electrons. The third-order valence-electron chi connectivity index (χ3n) is 17.3. The highest BCUT2D eigenvalue weighted by Gasteiger charge is 2.53. The average molecular weight is 1090 g/mol. The highest BCUT2D eigenvalue weighted by molar-refractivity contribution is 6.74. The number of cyclic esters (lactones) is 1. The fourth-order valence-corrected chi connectivity index (χ4v) is 12.2. The summed E-state index contributed by atoms with van der Waals surface area (Å²) in [6, 6.07) is -1.14. The van der Waals surface area contributed by atoms with Crippen LogP contribution in [0.15, 0.2) is 47.6 Å². The Morgan fingerprint density at radius 1 is 0.842 bits per heavy atom. The Morgan fingerprint density at radius 3 is 2.21 bits per heavy atom. The van der Waals surface area contributed by atoms with E-state index in [0.29, 0.717) is 70.2 Å². The first-order valence-electron chi connectivity index (χ1n) is 28.4. The van der Waals surface area contributed by atoms with Gasteiger partial charge in [0, 0.05) is 71.7 Å². The summed E-state index contributed by atoms with van der Waals surface area (Å²) in [5.74, 6) is -7.85. The second-order valence-electron chi connectivity index (χ2n) is 24.4. The smallest absolute Gasteiger partial charge is 0.329 e. The number of ether oxygens (including phenoxy) is 6. The molecule has 2 N–H and O–H groups in total. The summed E-state index contributed by atoms with van der Waals surface area (Å²) in [5, 5.41) is 23.7. The molecule has 0 aromatic carbocycles. The number of piperidine rings is 1. The van der Waals surface area contributed by atoms with E-state index in [1.165, 1.54) is 12.0 Å². The van der Waals surface area contributed by atoms with Crippen molar-refractivity contribution in [3.05, 3.63) is 47.6 Å². The van der Waals surface area contributed by atoms with Gasteiger partial charge in [0.1, 0.15) is 30.1 Å². The number of carbonyl (C=O) groups is 5. The van der Waals surface area contributed by atoms with Gasteiger partial charge in [-0.3, -0.25) is 19.2 Å². The van der Waals surface area contributed by atoms with Crippen molar-refractivity contribution in [2.24, 2.45) is 35.5 Å². The van der Waals surface area contributed by atoms with Gasteiger partial charge in [-0.1, -0.05) is 91.8 Å². The minimum absolute atomic E-state index is 0.0172. The summed E-state index contributed by atoms with van der Waals surface area (Å²) < 4.78 is 42.9. The van der Waals surface area contributed by atoms with Crippen LogP contribution in [0, 0.1) is 35.5 Å². The number of amides is 1. The third kappa shape index (κ3) is 17.9. The lowest BCUT2D eigenvalue weighted by Crippen LogP contribution is -2.61. The molecule has 3 aliphatic heterocycles.